The van der Waals surface area contributed by atoms with E-state index < -0.39 is 27.8 Å². The molecule has 0 radical (unpaired) electrons. The van der Waals surface area contributed by atoms with Crippen LogP contribution in [0.2, 0.25) is 0 Å². The normalized spacial score (nSPS) is 20.0. The molecule has 1 amide bonds. The summed E-state index contributed by atoms with van der Waals surface area (Å²) >= 11 is 1.17. The van der Waals surface area contributed by atoms with Crippen molar-refractivity contribution in [2.45, 2.75) is 30.6 Å². The summed E-state index contributed by atoms with van der Waals surface area (Å²) in [5, 5.41) is 13.9. The van der Waals surface area contributed by atoms with Crippen LogP contribution in [0.15, 0.2) is 40.7 Å². The molecule has 1 aliphatic carbocycles. The molecule has 27 heavy (non-hydrogen) atoms. The van der Waals surface area contributed by atoms with Crippen LogP contribution in [-0.4, -0.2) is 30.4 Å². The van der Waals surface area contributed by atoms with E-state index in [0.29, 0.717) is 18.5 Å². The number of thiazole rings is 1. The summed E-state index contributed by atoms with van der Waals surface area (Å²) in [6.45, 7) is 0. The van der Waals surface area contributed by atoms with Crippen LogP contribution in [0.3, 0.4) is 0 Å². The molecular weight excluding hydrogens is 390 g/mol. The van der Waals surface area contributed by atoms with E-state index >= 15 is 0 Å². The number of aromatic nitrogens is 1. The highest BCUT2D eigenvalue weighted by atomic mass is 32.2. The van der Waals surface area contributed by atoms with Crippen molar-refractivity contribution in [3.8, 4) is 0 Å². The summed E-state index contributed by atoms with van der Waals surface area (Å²) in [6, 6.07) is 5.71. The van der Waals surface area contributed by atoms with Gasteiger partial charge in [-0.05, 0) is 37.1 Å². The van der Waals surface area contributed by atoms with E-state index in [4.69, 9.17) is 0 Å². The minimum atomic E-state index is -3.76. The molecule has 0 bridgehead atoms. The number of benzene rings is 1. The summed E-state index contributed by atoms with van der Waals surface area (Å²) in [4.78, 5) is 27.7. The summed E-state index contributed by atoms with van der Waals surface area (Å²) in [6.07, 6.45) is 4.15. The lowest BCUT2D eigenvalue weighted by atomic mass is 9.78. The number of aliphatic carboxylic acids is 1. The smallest absolute Gasteiger partial charge is 0.307 e. The van der Waals surface area contributed by atoms with Gasteiger partial charge in [0.05, 0.1) is 16.7 Å². The van der Waals surface area contributed by atoms with Crippen molar-refractivity contribution in [2.24, 2.45) is 11.8 Å². The monoisotopic (exact) mass is 409 g/mol. The number of nitrogens with one attached hydrogen (secondary N) is 2. The largest absolute Gasteiger partial charge is 0.481 e. The van der Waals surface area contributed by atoms with Crippen molar-refractivity contribution in [3.63, 3.8) is 0 Å². The number of amides is 1. The van der Waals surface area contributed by atoms with E-state index in [1.54, 1.807) is 5.38 Å². The fourth-order valence-electron chi connectivity index (χ4n) is 3.14. The first kappa shape index (κ1) is 19.3. The minimum Gasteiger partial charge on any atom is -0.481 e. The van der Waals surface area contributed by atoms with Crippen molar-refractivity contribution in [3.05, 3.63) is 35.8 Å². The number of carbonyl (C=O) groups excluding carboxylic acids is 1. The van der Waals surface area contributed by atoms with Crippen LogP contribution in [0.1, 0.15) is 25.7 Å². The number of carboxylic acids is 1. The first-order chi connectivity index (χ1) is 12.9. The molecule has 10 heteroatoms. The van der Waals surface area contributed by atoms with E-state index in [2.05, 4.69) is 15.0 Å². The Balaban J connectivity index is 1.68. The van der Waals surface area contributed by atoms with E-state index in [-0.39, 0.29) is 15.9 Å². The number of hydrogen-bond acceptors (Lipinski definition) is 6. The second kappa shape index (κ2) is 8.05. The van der Waals surface area contributed by atoms with Gasteiger partial charge in [0.1, 0.15) is 0 Å². The zero-order valence-corrected chi connectivity index (χ0v) is 15.9. The SMILES string of the molecule is O=C(O)[C@H]1CCCC[C@H]1C(=O)Nc1ccc(S(=O)(=O)Nc2nccs2)cc1. The molecule has 0 saturated heterocycles. The molecule has 3 rings (SSSR count). The topological polar surface area (TPSA) is 125 Å². The van der Waals surface area contributed by atoms with Crippen LogP contribution in [0.25, 0.3) is 0 Å². The lowest BCUT2D eigenvalue weighted by molar-refractivity contribution is -0.147. The van der Waals surface area contributed by atoms with Gasteiger partial charge in [0.2, 0.25) is 5.91 Å². The Bertz CT molecular complexity index is 911. The molecule has 1 aromatic heterocycles. The van der Waals surface area contributed by atoms with Gasteiger partial charge in [-0.25, -0.2) is 13.4 Å². The molecule has 2 atom stereocenters. The third-order valence-corrected chi connectivity index (χ3v) is 6.68. The number of carbonyl (C=O) groups is 2. The molecule has 1 aliphatic rings. The fraction of sp³-hybridized carbons (Fsp3) is 0.353. The molecule has 1 heterocycles. The Morgan fingerprint density at radius 2 is 1.78 bits per heavy atom. The van der Waals surface area contributed by atoms with Crippen molar-refractivity contribution in [1.29, 1.82) is 0 Å². The number of anilines is 2. The highest BCUT2D eigenvalue weighted by Crippen LogP contribution is 2.31. The first-order valence-electron chi connectivity index (χ1n) is 8.43. The average Bonchev–Trinajstić information content (AvgIpc) is 3.14. The fourth-order valence-corrected chi connectivity index (χ4v) is 4.93. The predicted octanol–water partition coefficient (Wildman–Crippen LogP) is 2.77. The lowest BCUT2D eigenvalue weighted by Crippen LogP contribution is -2.36. The number of rotatable bonds is 6. The zero-order valence-electron chi connectivity index (χ0n) is 14.3. The highest BCUT2D eigenvalue weighted by molar-refractivity contribution is 7.93. The third kappa shape index (κ3) is 4.64. The summed E-state index contributed by atoms with van der Waals surface area (Å²) < 4.78 is 27.0. The van der Waals surface area contributed by atoms with Crippen molar-refractivity contribution in [1.82, 2.24) is 4.98 Å². The minimum absolute atomic E-state index is 0.0387. The molecule has 0 unspecified atom stereocenters. The zero-order chi connectivity index (χ0) is 19.4. The third-order valence-electron chi connectivity index (χ3n) is 4.51. The first-order valence-corrected chi connectivity index (χ1v) is 10.8. The highest BCUT2D eigenvalue weighted by Gasteiger charge is 2.35. The summed E-state index contributed by atoms with van der Waals surface area (Å²) in [5.74, 6) is -2.56. The van der Waals surface area contributed by atoms with Crippen LogP contribution < -0.4 is 10.0 Å². The molecule has 1 fully saturated rings. The molecule has 0 aliphatic heterocycles. The molecule has 2 aromatic rings. The molecule has 1 aromatic carbocycles. The maximum Gasteiger partial charge on any atom is 0.307 e. The summed E-state index contributed by atoms with van der Waals surface area (Å²) in [7, 11) is -3.76. The quantitative estimate of drug-likeness (QED) is 0.674. The van der Waals surface area contributed by atoms with E-state index in [1.807, 2.05) is 0 Å². The van der Waals surface area contributed by atoms with Crippen LogP contribution >= 0.6 is 11.3 Å². The van der Waals surface area contributed by atoms with Crippen LogP contribution in [-0.2, 0) is 19.6 Å². The summed E-state index contributed by atoms with van der Waals surface area (Å²) in [5.41, 5.74) is 0.419. The average molecular weight is 409 g/mol. The standard InChI is InChI=1S/C17H19N3O5S2/c21-15(13-3-1-2-4-14(13)16(22)23)19-11-5-7-12(8-6-11)27(24,25)20-17-18-9-10-26-17/h5-10,13-14H,1-4H2,(H,18,20)(H,19,21)(H,22,23)/t13-,14+/m1/s1. The Labute approximate surface area is 160 Å². The van der Waals surface area contributed by atoms with Gasteiger partial charge in [-0.1, -0.05) is 12.8 Å². The van der Waals surface area contributed by atoms with Gasteiger partial charge in [-0.15, -0.1) is 11.3 Å². The maximum absolute atomic E-state index is 12.5. The Hall–Kier alpha value is -2.46. The molecule has 1 saturated carbocycles. The van der Waals surface area contributed by atoms with Crippen LogP contribution in [0.5, 0.6) is 0 Å². The lowest BCUT2D eigenvalue weighted by Gasteiger charge is -2.27. The molecule has 3 N–H and O–H groups in total. The van der Waals surface area contributed by atoms with Crippen LogP contribution in [0.4, 0.5) is 10.8 Å². The Morgan fingerprint density at radius 3 is 2.37 bits per heavy atom. The van der Waals surface area contributed by atoms with Gasteiger partial charge in [0.25, 0.3) is 10.0 Å². The van der Waals surface area contributed by atoms with E-state index in [1.165, 1.54) is 41.8 Å². The second-order valence-corrected chi connectivity index (χ2v) is 8.87. The van der Waals surface area contributed by atoms with Gasteiger partial charge in [-0.2, -0.15) is 0 Å². The molecule has 8 nitrogen and oxygen atoms in total. The van der Waals surface area contributed by atoms with Crippen molar-refractivity contribution >= 4 is 44.1 Å². The molecule has 144 valence electrons. The number of carboxylic acid groups (broad SMARTS) is 1. The van der Waals surface area contributed by atoms with Crippen molar-refractivity contribution < 1.29 is 23.1 Å². The van der Waals surface area contributed by atoms with Gasteiger partial charge in [-0.3, -0.25) is 14.3 Å². The van der Waals surface area contributed by atoms with Gasteiger partial charge < -0.3 is 10.4 Å². The molecular formula is C17H19N3O5S2. The Morgan fingerprint density at radius 1 is 1.11 bits per heavy atom. The van der Waals surface area contributed by atoms with Gasteiger partial charge in [0.15, 0.2) is 5.13 Å². The number of sulfonamides is 1. The predicted molar refractivity (Wildman–Crippen MR) is 101 cm³/mol. The van der Waals surface area contributed by atoms with Gasteiger partial charge in [0, 0.05) is 17.3 Å². The second-order valence-electron chi connectivity index (χ2n) is 6.29. The maximum atomic E-state index is 12.5. The number of hydrogen-bond donors (Lipinski definition) is 3. The number of nitrogens with zero attached hydrogens (tertiary/aromatic N) is 1. The van der Waals surface area contributed by atoms with Crippen LogP contribution in [0, 0.1) is 11.8 Å². The molecule has 0 spiro atoms. The Kier molecular flexibility index (Phi) is 5.76. The van der Waals surface area contributed by atoms with Crippen molar-refractivity contribution in [2.75, 3.05) is 10.0 Å². The van der Waals surface area contributed by atoms with E-state index in [9.17, 15) is 23.1 Å². The van der Waals surface area contributed by atoms with Gasteiger partial charge >= 0.3 is 5.97 Å². The van der Waals surface area contributed by atoms with E-state index in [0.717, 1.165) is 12.8 Å².